The predicted molar refractivity (Wildman–Crippen MR) is 110 cm³/mol. The largest absolute Gasteiger partial charge is 0.375 e. The molecule has 1 aromatic heterocycles. The van der Waals surface area contributed by atoms with E-state index in [0.717, 1.165) is 30.8 Å². The molecule has 0 aliphatic rings. The molecule has 3 aromatic rings. The maximum Gasteiger partial charge on any atom is 0.254 e. The average Bonchev–Trinajstić information content (AvgIpc) is 3.16. The van der Waals surface area contributed by atoms with Gasteiger partial charge in [0.05, 0.1) is 23.1 Å². The van der Waals surface area contributed by atoms with Crippen molar-refractivity contribution in [3.63, 3.8) is 0 Å². The smallest absolute Gasteiger partial charge is 0.254 e. The fourth-order valence-corrected chi connectivity index (χ4v) is 3.12. The van der Waals surface area contributed by atoms with Gasteiger partial charge in [-0.2, -0.15) is 5.10 Å². The Morgan fingerprint density at radius 2 is 1.74 bits per heavy atom. The number of amides is 1. The van der Waals surface area contributed by atoms with Crippen LogP contribution in [0.2, 0.25) is 0 Å². The second-order valence-electron chi connectivity index (χ2n) is 6.47. The van der Waals surface area contributed by atoms with Crippen molar-refractivity contribution in [2.45, 2.75) is 19.8 Å². The lowest BCUT2D eigenvalue weighted by Gasteiger charge is -2.19. The molecule has 1 amide bonds. The molecule has 5 nitrogen and oxygen atoms in total. The SMILES string of the molecule is CCc1c(C(=O)NCCCN(C)c2ccccc2)cnn1-c1ccccc1. The van der Waals surface area contributed by atoms with E-state index in [1.807, 2.05) is 60.1 Å². The molecule has 0 saturated carbocycles. The van der Waals surface area contributed by atoms with Gasteiger partial charge in [0.25, 0.3) is 5.91 Å². The standard InChI is InChI=1S/C22H26N4O/c1-3-21-20(17-24-26(21)19-13-8-5-9-14-19)22(27)23-15-10-16-25(2)18-11-6-4-7-12-18/h4-9,11-14,17H,3,10,15-16H2,1-2H3,(H,23,27). The van der Waals surface area contributed by atoms with Crippen LogP contribution >= 0.6 is 0 Å². The highest BCUT2D eigenvalue weighted by Gasteiger charge is 2.16. The van der Waals surface area contributed by atoms with Crippen molar-refractivity contribution in [3.8, 4) is 5.69 Å². The van der Waals surface area contributed by atoms with Gasteiger partial charge in [-0.15, -0.1) is 0 Å². The Hall–Kier alpha value is -3.08. The Morgan fingerprint density at radius 3 is 2.41 bits per heavy atom. The van der Waals surface area contributed by atoms with Crippen LogP contribution in [-0.2, 0) is 6.42 Å². The van der Waals surface area contributed by atoms with Gasteiger partial charge in [0.2, 0.25) is 0 Å². The highest BCUT2D eigenvalue weighted by Crippen LogP contribution is 2.16. The number of benzene rings is 2. The van der Waals surface area contributed by atoms with Crippen LogP contribution in [0.15, 0.2) is 66.9 Å². The van der Waals surface area contributed by atoms with Gasteiger partial charge in [-0.05, 0) is 37.1 Å². The fraction of sp³-hybridized carbons (Fsp3) is 0.273. The molecule has 0 radical (unpaired) electrons. The molecule has 3 rings (SSSR count). The van der Waals surface area contributed by atoms with E-state index in [2.05, 4.69) is 34.5 Å². The molecule has 0 aliphatic carbocycles. The Balaban J connectivity index is 1.56. The number of hydrogen-bond acceptors (Lipinski definition) is 3. The summed E-state index contributed by atoms with van der Waals surface area (Å²) >= 11 is 0. The molecule has 0 aliphatic heterocycles. The number of rotatable bonds is 8. The fourth-order valence-electron chi connectivity index (χ4n) is 3.12. The Morgan fingerprint density at radius 1 is 1.07 bits per heavy atom. The van der Waals surface area contributed by atoms with Gasteiger partial charge in [0.1, 0.15) is 0 Å². The molecular formula is C22H26N4O. The van der Waals surface area contributed by atoms with Crippen LogP contribution in [0.3, 0.4) is 0 Å². The van der Waals surface area contributed by atoms with Gasteiger partial charge in [0.15, 0.2) is 0 Å². The van der Waals surface area contributed by atoms with Crippen LogP contribution in [0, 0.1) is 0 Å². The molecule has 27 heavy (non-hydrogen) atoms. The number of nitrogens with zero attached hydrogens (tertiary/aromatic N) is 3. The van der Waals surface area contributed by atoms with Crippen LogP contribution in [0.5, 0.6) is 0 Å². The van der Waals surface area contributed by atoms with Crippen LogP contribution in [0.4, 0.5) is 5.69 Å². The molecule has 0 spiro atoms. The Labute approximate surface area is 160 Å². The Kier molecular flexibility index (Phi) is 6.26. The lowest BCUT2D eigenvalue weighted by molar-refractivity contribution is 0.0952. The van der Waals surface area contributed by atoms with Crippen molar-refractivity contribution in [1.29, 1.82) is 0 Å². The predicted octanol–water partition coefficient (Wildman–Crippen LogP) is 3.69. The molecule has 1 N–H and O–H groups in total. The van der Waals surface area contributed by atoms with Crippen molar-refractivity contribution >= 4 is 11.6 Å². The van der Waals surface area contributed by atoms with Gasteiger partial charge >= 0.3 is 0 Å². The van der Waals surface area contributed by atoms with Crippen LogP contribution in [-0.4, -0.2) is 35.8 Å². The number of para-hydroxylation sites is 2. The summed E-state index contributed by atoms with van der Waals surface area (Å²) in [6, 6.07) is 20.2. The second-order valence-corrected chi connectivity index (χ2v) is 6.47. The number of carbonyl (C=O) groups is 1. The van der Waals surface area contributed by atoms with Crippen LogP contribution in [0.25, 0.3) is 5.69 Å². The minimum Gasteiger partial charge on any atom is -0.375 e. The minimum atomic E-state index is -0.0589. The van der Waals surface area contributed by atoms with E-state index in [1.165, 1.54) is 5.69 Å². The first-order valence-electron chi connectivity index (χ1n) is 9.37. The topological polar surface area (TPSA) is 50.2 Å². The molecule has 0 saturated heterocycles. The maximum absolute atomic E-state index is 12.6. The number of carbonyl (C=O) groups excluding carboxylic acids is 1. The third kappa shape index (κ3) is 4.56. The number of aromatic nitrogens is 2. The quantitative estimate of drug-likeness (QED) is 0.622. The van der Waals surface area contributed by atoms with Gasteiger partial charge in [-0.25, -0.2) is 4.68 Å². The highest BCUT2D eigenvalue weighted by molar-refractivity contribution is 5.95. The lowest BCUT2D eigenvalue weighted by atomic mass is 10.2. The first kappa shape index (κ1) is 18.7. The van der Waals surface area contributed by atoms with Gasteiger partial charge in [-0.1, -0.05) is 43.3 Å². The normalized spacial score (nSPS) is 10.6. The summed E-state index contributed by atoms with van der Waals surface area (Å²) in [5.74, 6) is -0.0589. The van der Waals surface area contributed by atoms with Crippen molar-refractivity contribution in [3.05, 3.63) is 78.1 Å². The molecule has 0 bridgehead atoms. The first-order chi connectivity index (χ1) is 13.2. The molecule has 0 unspecified atom stereocenters. The highest BCUT2D eigenvalue weighted by atomic mass is 16.1. The molecule has 0 atom stereocenters. The summed E-state index contributed by atoms with van der Waals surface area (Å²) in [7, 11) is 2.07. The van der Waals surface area contributed by atoms with Crippen molar-refractivity contribution in [2.24, 2.45) is 0 Å². The summed E-state index contributed by atoms with van der Waals surface area (Å²) < 4.78 is 1.85. The molecule has 0 fully saturated rings. The van der Waals surface area contributed by atoms with Gasteiger partial charge < -0.3 is 10.2 Å². The van der Waals surface area contributed by atoms with Crippen LogP contribution in [0.1, 0.15) is 29.4 Å². The van der Waals surface area contributed by atoms with E-state index in [1.54, 1.807) is 6.20 Å². The van der Waals surface area contributed by atoms with E-state index in [0.29, 0.717) is 12.1 Å². The third-order valence-corrected chi connectivity index (χ3v) is 4.60. The van der Waals surface area contributed by atoms with Crippen LogP contribution < -0.4 is 10.2 Å². The molecule has 2 aromatic carbocycles. The lowest BCUT2D eigenvalue weighted by Crippen LogP contribution is -2.28. The summed E-state index contributed by atoms with van der Waals surface area (Å²) in [4.78, 5) is 14.8. The average molecular weight is 362 g/mol. The zero-order valence-electron chi connectivity index (χ0n) is 15.9. The monoisotopic (exact) mass is 362 g/mol. The third-order valence-electron chi connectivity index (χ3n) is 4.60. The molecular weight excluding hydrogens is 336 g/mol. The number of hydrogen-bond donors (Lipinski definition) is 1. The summed E-state index contributed by atoms with van der Waals surface area (Å²) in [6.07, 6.45) is 3.29. The Bertz CT molecular complexity index is 859. The van der Waals surface area contributed by atoms with Crippen molar-refractivity contribution < 1.29 is 4.79 Å². The summed E-state index contributed by atoms with van der Waals surface area (Å²) in [5, 5.41) is 7.45. The number of nitrogens with one attached hydrogen (secondary N) is 1. The number of anilines is 1. The summed E-state index contributed by atoms with van der Waals surface area (Å²) in [6.45, 7) is 3.56. The zero-order chi connectivity index (χ0) is 19.1. The zero-order valence-corrected chi connectivity index (χ0v) is 15.9. The molecule has 140 valence electrons. The van der Waals surface area contributed by atoms with E-state index < -0.39 is 0 Å². The maximum atomic E-state index is 12.6. The van der Waals surface area contributed by atoms with Gasteiger partial charge in [0, 0.05) is 25.8 Å². The summed E-state index contributed by atoms with van der Waals surface area (Å²) in [5.41, 5.74) is 3.73. The van der Waals surface area contributed by atoms with E-state index in [4.69, 9.17) is 0 Å². The van der Waals surface area contributed by atoms with Crippen molar-refractivity contribution in [2.75, 3.05) is 25.0 Å². The molecule has 1 heterocycles. The first-order valence-corrected chi connectivity index (χ1v) is 9.37. The van der Waals surface area contributed by atoms with E-state index in [9.17, 15) is 4.79 Å². The second kappa shape index (κ2) is 9.03. The molecule has 5 heteroatoms. The minimum absolute atomic E-state index is 0.0589. The van der Waals surface area contributed by atoms with E-state index in [-0.39, 0.29) is 5.91 Å². The van der Waals surface area contributed by atoms with Gasteiger partial charge in [-0.3, -0.25) is 4.79 Å². The van der Waals surface area contributed by atoms with E-state index >= 15 is 0 Å². The van der Waals surface area contributed by atoms with Crippen molar-refractivity contribution in [1.82, 2.24) is 15.1 Å².